The fourth-order valence-corrected chi connectivity index (χ4v) is 8.95. The van der Waals surface area contributed by atoms with E-state index in [4.69, 9.17) is 18.5 Å². The molecule has 13 heteroatoms. The van der Waals surface area contributed by atoms with Crippen LogP contribution < -0.4 is 0 Å². The second-order valence-electron chi connectivity index (χ2n) is 18.0. The van der Waals surface area contributed by atoms with Crippen LogP contribution in [0.25, 0.3) is 0 Å². The third-order valence-corrected chi connectivity index (χ3v) is 13.1. The van der Waals surface area contributed by atoms with Gasteiger partial charge in [0.05, 0.1) is 13.2 Å². The van der Waals surface area contributed by atoms with Gasteiger partial charge in [-0.3, -0.25) is 13.8 Å². The zero-order chi connectivity index (χ0) is 46.2. The van der Waals surface area contributed by atoms with Gasteiger partial charge in [-0.05, 0) is 44.9 Å². The summed E-state index contributed by atoms with van der Waals surface area (Å²) in [5, 5.41) is 50.2. The van der Waals surface area contributed by atoms with Crippen LogP contribution in [0.1, 0.15) is 226 Å². The molecular formula is C50H95O12P. The van der Waals surface area contributed by atoms with Gasteiger partial charge in [0, 0.05) is 13.0 Å². The molecule has 63 heavy (non-hydrogen) atoms. The fourth-order valence-electron chi connectivity index (χ4n) is 7.98. The maximum atomic E-state index is 12.8. The molecule has 6 atom stereocenters. The number of aliphatic hydroxyl groups excluding tert-OH is 5. The van der Waals surface area contributed by atoms with E-state index < -0.39 is 63.1 Å². The molecule has 0 aromatic carbocycles. The number of phosphoric ester groups is 1. The third-order valence-electron chi connectivity index (χ3n) is 12.1. The van der Waals surface area contributed by atoms with E-state index in [9.17, 15) is 39.8 Å². The van der Waals surface area contributed by atoms with Crippen molar-refractivity contribution < 1.29 is 58.3 Å². The van der Waals surface area contributed by atoms with Crippen LogP contribution in [0.2, 0.25) is 0 Å². The Morgan fingerprint density at radius 1 is 0.508 bits per heavy atom. The number of hydrogen-bond donors (Lipinski definition) is 6. The van der Waals surface area contributed by atoms with E-state index in [0.717, 1.165) is 44.9 Å². The number of hydrogen-bond acceptors (Lipinski definition) is 11. The molecule has 0 heterocycles. The summed E-state index contributed by atoms with van der Waals surface area (Å²) in [5.41, 5.74) is 0. The van der Waals surface area contributed by atoms with Crippen LogP contribution in [0.4, 0.5) is 0 Å². The summed E-state index contributed by atoms with van der Waals surface area (Å²) in [6.07, 6.45) is 35.4. The molecule has 1 rings (SSSR count). The molecule has 372 valence electrons. The van der Waals surface area contributed by atoms with Crippen molar-refractivity contribution in [1.82, 2.24) is 0 Å². The monoisotopic (exact) mass is 919 g/mol. The zero-order valence-electron chi connectivity index (χ0n) is 39.9. The SMILES string of the molecule is CCCCCCC/C=C\C/C=C\CCCCCCCCCCCCCCOCC(COP(=O)(O)OC1C(O)C(O)C(O)C(O)C1O)OC(=O)CCCCCCCCCCCCCC. The molecule has 0 spiro atoms. The molecule has 0 saturated heterocycles. The highest BCUT2D eigenvalue weighted by Crippen LogP contribution is 2.47. The van der Waals surface area contributed by atoms with Crippen LogP contribution in [0, 0.1) is 0 Å². The van der Waals surface area contributed by atoms with Crippen LogP contribution in [-0.4, -0.2) is 98.9 Å². The number of aliphatic hydroxyl groups is 5. The number of allylic oxidation sites excluding steroid dienone is 4. The van der Waals surface area contributed by atoms with Crippen LogP contribution in [0.15, 0.2) is 24.3 Å². The molecule has 1 fully saturated rings. The minimum Gasteiger partial charge on any atom is -0.457 e. The maximum absolute atomic E-state index is 12.8. The predicted octanol–water partition coefficient (Wildman–Crippen LogP) is 11.3. The molecule has 1 saturated carbocycles. The molecule has 0 aromatic heterocycles. The van der Waals surface area contributed by atoms with Gasteiger partial charge in [0.25, 0.3) is 0 Å². The van der Waals surface area contributed by atoms with Crippen molar-refractivity contribution in [1.29, 1.82) is 0 Å². The summed E-state index contributed by atoms with van der Waals surface area (Å²) in [7, 11) is -5.02. The first-order valence-corrected chi connectivity index (χ1v) is 27.2. The first kappa shape index (κ1) is 59.8. The summed E-state index contributed by atoms with van der Waals surface area (Å²) < 4.78 is 34.2. The van der Waals surface area contributed by atoms with E-state index in [1.807, 2.05) is 0 Å². The number of unbranched alkanes of at least 4 members (excludes halogenated alkanes) is 28. The Morgan fingerprint density at radius 2 is 0.889 bits per heavy atom. The van der Waals surface area contributed by atoms with Crippen molar-refractivity contribution in [3.8, 4) is 0 Å². The number of esters is 1. The van der Waals surface area contributed by atoms with Gasteiger partial charge in [0.1, 0.15) is 42.7 Å². The Kier molecular flexibility index (Phi) is 39.0. The van der Waals surface area contributed by atoms with E-state index >= 15 is 0 Å². The van der Waals surface area contributed by atoms with Crippen molar-refractivity contribution in [2.24, 2.45) is 0 Å². The summed E-state index contributed by atoms with van der Waals surface area (Å²) in [5.74, 6) is -0.475. The highest BCUT2D eigenvalue weighted by atomic mass is 31.2. The molecule has 1 aliphatic carbocycles. The van der Waals surface area contributed by atoms with Gasteiger partial charge in [-0.15, -0.1) is 0 Å². The lowest BCUT2D eigenvalue weighted by molar-refractivity contribution is -0.220. The quantitative estimate of drug-likeness (QED) is 0.0147. The van der Waals surface area contributed by atoms with Crippen LogP contribution in [0.5, 0.6) is 0 Å². The Labute approximate surface area is 383 Å². The summed E-state index contributed by atoms with van der Waals surface area (Å²) >= 11 is 0. The van der Waals surface area contributed by atoms with Crippen LogP contribution in [-0.2, 0) is 27.9 Å². The fraction of sp³-hybridized carbons (Fsp3) is 0.900. The summed E-state index contributed by atoms with van der Waals surface area (Å²) in [6.45, 7) is 4.26. The largest absolute Gasteiger partial charge is 0.472 e. The Hall–Kier alpha value is -1.18. The number of carbonyl (C=O) groups is 1. The van der Waals surface area contributed by atoms with Crippen LogP contribution >= 0.6 is 7.82 Å². The molecule has 0 radical (unpaired) electrons. The minimum atomic E-state index is -5.02. The average Bonchev–Trinajstić information content (AvgIpc) is 3.27. The van der Waals surface area contributed by atoms with Gasteiger partial charge in [-0.1, -0.05) is 199 Å². The van der Waals surface area contributed by atoms with Gasteiger partial charge >= 0.3 is 13.8 Å². The van der Waals surface area contributed by atoms with E-state index in [1.165, 1.54) is 154 Å². The average molecular weight is 919 g/mol. The smallest absolute Gasteiger partial charge is 0.457 e. The van der Waals surface area contributed by atoms with E-state index in [0.29, 0.717) is 13.0 Å². The van der Waals surface area contributed by atoms with Gasteiger partial charge in [-0.25, -0.2) is 4.57 Å². The summed E-state index contributed by atoms with van der Waals surface area (Å²) in [4.78, 5) is 23.2. The van der Waals surface area contributed by atoms with Gasteiger partial charge in [0.2, 0.25) is 0 Å². The lowest BCUT2D eigenvalue weighted by Gasteiger charge is -2.41. The maximum Gasteiger partial charge on any atom is 0.472 e. The lowest BCUT2D eigenvalue weighted by atomic mass is 9.85. The van der Waals surface area contributed by atoms with Crippen molar-refractivity contribution in [2.45, 2.75) is 268 Å². The molecule has 6 unspecified atom stereocenters. The van der Waals surface area contributed by atoms with Gasteiger partial charge < -0.3 is 39.9 Å². The van der Waals surface area contributed by atoms with Gasteiger partial charge in [0.15, 0.2) is 0 Å². The molecular weight excluding hydrogens is 824 g/mol. The second kappa shape index (κ2) is 41.0. The van der Waals surface area contributed by atoms with Crippen LogP contribution in [0.3, 0.4) is 0 Å². The highest BCUT2D eigenvalue weighted by molar-refractivity contribution is 7.47. The topological polar surface area (TPSA) is 192 Å². The molecule has 6 N–H and O–H groups in total. The van der Waals surface area contributed by atoms with E-state index in [1.54, 1.807) is 0 Å². The lowest BCUT2D eigenvalue weighted by Crippen LogP contribution is -2.64. The number of carbonyl (C=O) groups excluding carboxylic acids is 1. The van der Waals surface area contributed by atoms with Crippen molar-refractivity contribution in [2.75, 3.05) is 19.8 Å². The molecule has 0 aromatic rings. The third kappa shape index (κ3) is 33.0. The molecule has 0 bridgehead atoms. The van der Waals surface area contributed by atoms with Crippen molar-refractivity contribution in [3.05, 3.63) is 24.3 Å². The molecule has 12 nitrogen and oxygen atoms in total. The standard InChI is InChI=1S/C50H95O12P/c1-3-5-7-9-11-13-15-17-18-19-20-21-22-23-24-25-26-27-28-30-32-34-36-38-40-59-41-43(61-44(51)39-37-35-33-31-29-16-14-12-10-8-6-4-2)42-60-63(57,58)62-50-48(55)46(53)45(52)47(54)49(50)56/h15,17,19-20,43,45-50,52-56H,3-14,16,18,21-42H2,1-2H3,(H,57,58)/b17-15-,20-19-. The Morgan fingerprint density at radius 3 is 1.33 bits per heavy atom. The van der Waals surface area contributed by atoms with Gasteiger partial charge in [-0.2, -0.15) is 0 Å². The molecule has 0 amide bonds. The van der Waals surface area contributed by atoms with Crippen molar-refractivity contribution in [3.63, 3.8) is 0 Å². The van der Waals surface area contributed by atoms with E-state index in [2.05, 4.69) is 38.2 Å². The number of ether oxygens (including phenoxy) is 2. The normalized spacial score (nSPS) is 22.0. The predicted molar refractivity (Wildman–Crippen MR) is 253 cm³/mol. The molecule has 1 aliphatic rings. The Balaban J connectivity index is 2.28. The molecule has 0 aliphatic heterocycles. The second-order valence-corrected chi connectivity index (χ2v) is 19.4. The Bertz CT molecular complexity index is 1140. The van der Waals surface area contributed by atoms with Crippen molar-refractivity contribution >= 4 is 13.8 Å². The minimum absolute atomic E-state index is 0.0733. The highest BCUT2D eigenvalue weighted by Gasteiger charge is 2.51. The zero-order valence-corrected chi connectivity index (χ0v) is 40.8. The van der Waals surface area contributed by atoms with E-state index in [-0.39, 0.29) is 13.0 Å². The summed E-state index contributed by atoms with van der Waals surface area (Å²) in [6, 6.07) is 0. The number of rotatable bonds is 44. The number of phosphoric acid groups is 1. The first-order chi connectivity index (χ1) is 30.5. The first-order valence-electron chi connectivity index (χ1n) is 25.7.